The number of hydrogen-bond acceptors (Lipinski definition) is 3. The van der Waals surface area contributed by atoms with Gasteiger partial charge in [0.15, 0.2) is 0 Å². The number of benzene rings is 2. The highest BCUT2D eigenvalue weighted by molar-refractivity contribution is 5.89. The average Bonchev–Trinajstić information content (AvgIpc) is 3.10. The highest BCUT2D eigenvalue weighted by atomic mass is 16.5. The van der Waals surface area contributed by atoms with Crippen molar-refractivity contribution < 1.29 is 14.3 Å². The first kappa shape index (κ1) is 18.8. The van der Waals surface area contributed by atoms with Gasteiger partial charge in [0, 0.05) is 37.3 Å². The minimum atomic E-state index is -0.243. The molecule has 1 fully saturated rings. The number of urea groups is 1. The Balaban J connectivity index is 1.46. The number of rotatable bonds is 7. The van der Waals surface area contributed by atoms with Crippen LogP contribution in [-0.4, -0.2) is 43.6 Å². The standard InChI is InChI=1S/C21H25N3O3/c1-27-19-7-3-2-6-18(19)16-9-11-17(12-10-16)23-21(26)22-13-5-15-24-14-4-8-20(24)25/h2-3,6-7,9-12H,4-5,8,13-15H2,1H3,(H2,22,23,26). The minimum Gasteiger partial charge on any atom is -0.496 e. The van der Waals surface area contributed by atoms with Crippen LogP contribution in [0.15, 0.2) is 48.5 Å². The third kappa shape index (κ3) is 5.00. The molecule has 6 nitrogen and oxygen atoms in total. The number of nitrogens with one attached hydrogen (secondary N) is 2. The fraction of sp³-hybridized carbons (Fsp3) is 0.333. The van der Waals surface area contributed by atoms with Gasteiger partial charge in [-0.1, -0.05) is 30.3 Å². The normalized spacial score (nSPS) is 13.5. The van der Waals surface area contributed by atoms with Crippen molar-refractivity contribution in [2.45, 2.75) is 19.3 Å². The van der Waals surface area contributed by atoms with E-state index in [1.165, 1.54) is 0 Å². The molecule has 27 heavy (non-hydrogen) atoms. The zero-order chi connectivity index (χ0) is 19.1. The van der Waals surface area contributed by atoms with E-state index in [1.54, 1.807) is 7.11 Å². The van der Waals surface area contributed by atoms with Crippen LogP contribution in [0, 0.1) is 0 Å². The van der Waals surface area contributed by atoms with Gasteiger partial charge in [-0.05, 0) is 36.6 Å². The number of nitrogens with zero attached hydrogens (tertiary/aromatic N) is 1. The molecule has 0 radical (unpaired) electrons. The minimum absolute atomic E-state index is 0.217. The molecule has 3 rings (SSSR count). The van der Waals surface area contributed by atoms with Gasteiger partial charge in [0.2, 0.25) is 5.91 Å². The van der Waals surface area contributed by atoms with Gasteiger partial charge >= 0.3 is 6.03 Å². The van der Waals surface area contributed by atoms with Gasteiger partial charge in [-0.2, -0.15) is 0 Å². The Morgan fingerprint density at radius 2 is 1.93 bits per heavy atom. The van der Waals surface area contributed by atoms with Gasteiger partial charge in [-0.3, -0.25) is 4.79 Å². The molecule has 1 aliphatic heterocycles. The van der Waals surface area contributed by atoms with E-state index in [2.05, 4.69) is 10.6 Å². The van der Waals surface area contributed by atoms with Crippen LogP contribution < -0.4 is 15.4 Å². The molecule has 3 amide bonds. The Kier molecular flexibility index (Phi) is 6.30. The summed E-state index contributed by atoms with van der Waals surface area (Å²) < 4.78 is 5.39. The Bertz CT molecular complexity index is 790. The fourth-order valence-corrected chi connectivity index (χ4v) is 3.20. The highest BCUT2D eigenvalue weighted by Crippen LogP contribution is 2.30. The number of carbonyl (C=O) groups excluding carboxylic acids is 2. The lowest BCUT2D eigenvalue weighted by Crippen LogP contribution is -2.32. The van der Waals surface area contributed by atoms with Gasteiger partial charge in [-0.25, -0.2) is 4.79 Å². The quantitative estimate of drug-likeness (QED) is 0.736. The first-order valence-corrected chi connectivity index (χ1v) is 9.23. The van der Waals surface area contributed by atoms with E-state index in [0.717, 1.165) is 42.0 Å². The van der Waals surface area contributed by atoms with Crippen LogP contribution in [0.1, 0.15) is 19.3 Å². The van der Waals surface area contributed by atoms with Crippen molar-refractivity contribution >= 4 is 17.6 Å². The van der Waals surface area contributed by atoms with Gasteiger partial charge in [0.1, 0.15) is 5.75 Å². The van der Waals surface area contributed by atoms with Crippen molar-refractivity contribution in [3.8, 4) is 16.9 Å². The number of ether oxygens (including phenoxy) is 1. The Morgan fingerprint density at radius 3 is 2.63 bits per heavy atom. The zero-order valence-electron chi connectivity index (χ0n) is 15.5. The fourth-order valence-electron chi connectivity index (χ4n) is 3.20. The van der Waals surface area contributed by atoms with Crippen LogP contribution in [0.4, 0.5) is 10.5 Å². The maximum atomic E-state index is 12.0. The summed E-state index contributed by atoms with van der Waals surface area (Å²) in [4.78, 5) is 25.4. The van der Waals surface area contributed by atoms with Crippen molar-refractivity contribution in [3.05, 3.63) is 48.5 Å². The van der Waals surface area contributed by atoms with Crippen LogP contribution in [0.2, 0.25) is 0 Å². The topological polar surface area (TPSA) is 70.7 Å². The van der Waals surface area contributed by atoms with E-state index in [4.69, 9.17) is 4.74 Å². The lowest BCUT2D eigenvalue weighted by atomic mass is 10.0. The first-order chi connectivity index (χ1) is 13.2. The summed E-state index contributed by atoms with van der Waals surface area (Å²) in [6.07, 6.45) is 2.35. The van der Waals surface area contributed by atoms with Gasteiger partial charge in [-0.15, -0.1) is 0 Å². The maximum Gasteiger partial charge on any atom is 0.319 e. The molecule has 0 spiro atoms. The number of amides is 3. The van der Waals surface area contributed by atoms with E-state index >= 15 is 0 Å². The molecule has 0 aliphatic carbocycles. The number of likely N-dealkylation sites (tertiary alicyclic amines) is 1. The van der Waals surface area contributed by atoms with E-state index in [0.29, 0.717) is 19.5 Å². The molecule has 142 valence electrons. The highest BCUT2D eigenvalue weighted by Gasteiger charge is 2.19. The van der Waals surface area contributed by atoms with Crippen LogP contribution in [0.3, 0.4) is 0 Å². The smallest absolute Gasteiger partial charge is 0.319 e. The summed E-state index contributed by atoms with van der Waals surface area (Å²) in [5, 5.41) is 5.65. The summed E-state index contributed by atoms with van der Waals surface area (Å²) in [7, 11) is 1.65. The number of carbonyl (C=O) groups is 2. The predicted molar refractivity (Wildman–Crippen MR) is 106 cm³/mol. The molecule has 0 bridgehead atoms. The van der Waals surface area contributed by atoms with Crippen LogP contribution in [-0.2, 0) is 4.79 Å². The number of para-hydroxylation sites is 1. The van der Waals surface area contributed by atoms with Crippen LogP contribution in [0.25, 0.3) is 11.1 Å². The molecule has 2 N–H and O–H groups in total. The lowest BCUT2D eigenvalue weighted by Gasteiger charge is -2.15. The largest absolute Gasteiger partial charge is 0.496 e. The summed E-state index contributed by atoms with van der Waals surface area (Å²) in [5.74, 6) is 1.03. The molecule has 0 atom stereocenters. The number of hydrogen-bond donors (Lipinski definition) is 2. The summed E-state index contributed by atoms with van der Waals surface area (Å²) in [5.41, 5.74) is 2.75. The molecule has 0 unspecified atom stereocenters. The Hall–Kier alpha value is -3.02. The van der Waals surface area contributed by atoms with Crippen molar-refractivity contribution in [1.29, 1.82) is 0 Å². The Morgan fingerprint density at radius 1 is 1.15 bits per heavy atom. The van der Waals surface area contributed by atoms with Crippen LogP contribution in [0.5, 0.6) is 5.75 Å². The van der Waals surface area contributed by atoms with Gasteiger partial charge in [0.05, 0.1) is 7.11 Å². The average molecular weight is 367 g/mol. The number of anilines is 1. The lowest BCUT2D eigenvalue weighted by molar-refractivity contribution is -0.127. The third-order valence-corrected chi connectivity index (χ3v) is 4.62. The van der Waals surface area contributed by atoms with Crippen molar-refractivity contribution in [2.75, 3.05) is 32.1 Å². The zero-order valence-corrected chi connectivity index (χ0v) is 15.5. The molecule has 0 aromatic heterocycles. The summed E-state index contributed by atoms with van der Waals surface area (Å²) in [6.45, 7) is 2.07. The van der Waals surface area contributed by atoms with E-state index in [1.807, 2.05) is 53.4 Å². The Labute approximate surface area is 159 Å². The second-order valence-corrected chi connectivity index (χ2v) is 6.50. The molecule has 1 heterocycles. The third-order valence-electron chi connectivity index (χ3n) is 4.62. The maximum absolute atomic E-state index is 12.0. The molecule has 2 aromatic rings. The van der Waals surface area contributed by atoms with Gasteiger partial charge in [0.25, 0.3) is 0 Å². The molecule has 1 saturated heterocycles. The van der Waals surface area contributed by atoms with E-state index < -0.39 is 0 Å². The van der Waals surface area contributed by atoms with Crippen molar-refractivity contribution in [3.63, 3.8) is 0 Å². The monoisotopic (exact) mass is 367 g/mol. The van der Waals surface area contributed by atoms with Crippen molar-refractivity contribution in [1.82, 2.24) is 10.2 Å². The first-order valence-electron chi connectivity index (χ1n) is 9.23. The van der Waals surface area contributed by atoms with Gasteiger partial charge < -0.3 is 20.3 Å². The molecular weight excluding hydrogens is 342 g/mol. The molecule has 6 heteroatoms. The SMILES string of the molecule is COc1ccccc1-c1ccc(NC(=O)NCCCN2CCCC2=O)cc1. The molecule has 0 saturated carbocycles. The number of methoxy groups -OCH3 is 1. The predicted octanol–water partition coefficient (Wildman–Crippen LogP) is 3.50. The van der Waals surface area contributed by atoms with Crippen LogP contribution >= 0.6 is 0 Å². The summed E-state index contributed by atoms with van der Waals surface area (Å²) >= 11 is 0. The second kappa shape index (κ2) is 9.07. The van der Waals surface area contributed by atoms with E-state index in [-0.39, 0.29) is 11.9 Å². The summed E-state index contributed by atoms with van der Waals surface area (Å²) in [6, 6.07) is 15.2. The van der Waals surface area contributed by atoms with Crippen molar-refractivity contribution in [2.24, 2.45) is 0 Å². The molecular formula is C21H25N3O3. The molecule has 2 aromatic carbocycles. The second-order valence-electron chi connectivity index (χ2n) is 6.50. The molecule has 1 aliphatic rings. The van der Waals surface area contributed by atoms with E-state index in [9.17, 15) is 9.59 Å².